The number of ether oxygens (including phenoxy) is 1. The third-order valence-electron chi connectivity index (χ3n) is 8.52. The summed E-state index contributed by atoms with van der Waals surface area (Å²) in [6, 6.07) is 26.2. The Labute approximate surface area is 255 Å². The quantitative estimate of drug-likeness (QED) is 0.195. The Morgan fingerprint density at radius 1 is 0.886 bits per heavy atom. The van der Waals surface area contributed by atoms with Crippen molar-refractivity contribution in [3.8, 4) is 23.0 Å². The average Bonchev–Trinajstić information content (AvgIpc) is 3.52. The van der Waals surface area contributed by atoms with E-state index >= 15 is 8.78 Å². The molecule has 2 atom stereocenters. The minimum Gasteiger partial charge on any atom is -0.457 e. The summed E-state index contributed by atoms with van der Waals surface area (Å²) < 4.78 is 40.6. The number of benzene rings is 3. The summed E-state index contributed by atoms with van der Waals surface area (Å²) in [5.74, 6) is 0.838. The van der Waals surface area contributed by atoms with Gasteiger partial charge in [-0.1, -0.05) is 44.2 Å². The van der Waals surface area contributed by atoms with Crippen LogP contribution in [0.2, 0.25) is 0 Å². The Kier molecular flexibility index (Phi) is 7.04. The molecule has 0 fully saturated rings. The first-order valence-electron chi connectivity index (χ1n) is 15.1. The molecule has 0 saturated heterocycles. The zero-order valence-corrected chi connectivity index (χ0v) is 25.3. The summed E-state index contributed by atoms with van der Waals surface area (Å²) >= 11 is 0. The summed E-state index contributed by atoms with van der Waals surface area (Å²) in [5.41, 5.74) is 6.08. The number of halogens is 2. The van der Waals surface area contributed by atoms with Crippen LogP contribution in [-0.4, -0.2) is 25.5 Å². The first kappa shape index (κ1) is 28.0. The number of nitrogens with zero attached hydrogens (tertiary/aromatic N) is 4. The maximum atomic E-state index is 15.1. The Balaban J connectivity index is 1.29. The zero-order valence-electron chi connectivity index (χ0n) is 25.3. The second-order valence-corrected chi connectivity index (χ2v) is 11.9. The number of aryl methyl sites for hydroxylation is 2. The van der Waals surface area contributed by atoms with E-state index in [0.717, 1.165) is 44.6 Å². The van der Waals surface area contributed by atoms with Crippen molar-refractivity contribution in [3.05, 3.63) is 119 Å². The van der Waals surface area contributed by atoms with Crippen molar-refractivity contribution >= 4 is 21.8 Å². The molecule has 0 bridgehead atoms. The van der Waals surface area contributed by atoms with E-state index in [1.807, 2.05) is 86.2 Å². The van der Waals surface area contributed by atoms with E-state index in [1.54, 1.807) is 0 Å². The number of pyridine rings is 1. The first-order chi connectivity index (χ1) is 21.3. The molecule has 222 valence electrons. The third kappa shape index (κ3) is 4.77. The zero-order chi connectivity index (χ0) is 30.5. The molecule has 1 aliphatic carbocycles. The molecule has 0 saturated carbocycles. The monoisotopic (exact) mass is 588 g/mol. The van der Waals surface area contributed by atoms with Gasteiger partial charge in [-0.05, 0) is 80.6 Å². The standard InChI is InChI=1S/C37H34F2N4O/c1-22(2)37-35(36-30(38)12-8-13-31(36)39)24(4)41-43(37)25-9-7-10-26(20-25)44-27-15-16-29-28-11-5-6-14-32(28)42(33(29)21-27)34-19-23(3)17-18-40-34/h5-7,9-12,14-22,31,36H,8,13H2,1-4H3/t31-,36?/m0/s1. The third-order valence-corrected chi connectivity index (χ3v) is 8.52. The van der Waals surface area contributed by atoms with E-state index in [-0.39, 0.29) is 5.92 Å². The van der Waals surface area contributed by atoms with Crippen LogP contribution >= 0.6 is 0 Å². The SMILES string of the molecule is Cc1ccnc(-n2c3ccccc3c3ccc(Oc4cccc(-n5nc(C)c(C6C(F)=CCC[C@@H]6F)c5C(C)C)c4)cc32)c1. The Bertz CT molecular complexity index is 2050. The summed E-state index contributed by atoms with van der Waals surface area (Å²) in [7, 11) is 0. The van der Waals surface area contributed by atoms with Gasteiger partial charge in [-0.15, -0.1) is 0 Å². The van der Waals surface area contributed by atoms with Crippen molar-refractivity contribution in [2.24, 2.45) is 0 Å². The maximum absolute atomic E-state index is 15.1. The molecular formula is C37H34F2N4O. The van der Waals surface area contributed by atoms with Gasteiger partial charge in [0, 0.05) is 34.7 Å². The number of hydrogen-bond donors (Lipinski definition) is 0. The second-order valence-electron chi connectivity index (χ2n) is 11.9. The molecule has 1 aliphatic rings. The van der Waals surface area contributed by atoms with Crippen LogP contribution in [0, 0.1) is 13.8 Å². The van der Waals surface area contributed by atoms with Crippen LogP contribution in [0.3, 0.4) is 0 Å². The smallest absolute Gasteiger partial charge is 0.137 e. The molecule has 5 nitrogen and oxygen atoms in total. The summed E-state index contributed by atoms with van der Waals surface area (Å²) in [5, 5.41) is 7.06. The van der Waals surface area contributed by atoms with E-state index in [1.165, 1.54) is 6.08 Å². The first-order valence-corrected chi connectivity index (χ1v) is 15.1. The van der Waals surface area contributed by atoms with E-state index in [9.17, 15) is 0 Å². The molecule has 7 heteroatoms. The maximum Gasteiger partial charge on any atom is 0.137 e. The molecule has 0 amide bonds. The summed E-state index contributed by atoms with van der Waals surface area (Å²) in [4.78, 5) is 4.68. The second kappa shape index (κ2) is 11.1. The number of para-hydroxylation sites is 1. The van der Waals surface area contributed by atoms with Crippen molar-refractivity contribution in [2.75, 3.05) is 0 Å². The van der Waals surface area contributed by atoms with Crippen LogP contribution in [0.1, 0.15) is 61.0 Å². The van der Waals surface area contributed by atoms with Crippen molar-refractivity contribution in [3.63, 3.8) is 0 Å². The van der Waals surface area contributed by atoms with Crippen LogP contribution in [-0.2, 0) is 0 Å². The van der Waals surface area contributed by atoms with Gasteiger partial charge in [0.1, 0.15) is 29.3 Å². The molecule has 0 N–H and O–H groups in total. The highest BCUT2D eigenvalue weighted by Crippen LogP contribution is 2.43. The highest BCUT2D eigenvalue weighted by atomic mass is 19.1. The summed E-state index contributed by atoms with van der Waals surface area (Å²) in [6.07, 6.45) is 2.80. The molecule has 7 rings (SSSR count). The average molecular weight is 589 g/mol. The minimum absolute atomic E-state index is 0.00254. The number of allylic oxidation sites excluding steroid dienone is 2. The molecule has 44 heavy (non-hydrogen) atoms. The fourth-order valence-electron chi connectivity index (χ4n) is 6.58. The number of hydrogen-bond acceptors (Lipinski definition) is 3. The molecule has 1 unspecified atom stereocenters. The van der Waals surface area contributed by atoms with E-state index < -0.39 is 17.9 Å². The molecule has 0 radical (unpaired) electrons. The van der Waals surface area contributed by atoms with Gasteiger partial charge in [-0.25, -0.2) is 18.4 Å². The van der Waals surface area contributed by atoms with Gasteiger partial charge in [0.25, 0.3) is 0 Å². The molecule has 0 aliphatic heterocycles. The van der Waals surface area contributed by atoms with Crippen LogP contribution in [0.4, 0.5) is 8.78 Å². The number of aromatic nitrogens is 4. The van der Waals surface area contributed by atoms with Crippen LogP contribution in [0.25, 0.3) is 33.3 Å². The molecule has 3 aromatic carbocycles. The van der Waals surface area contributed by atoms with Crippen molar-refractivity contribution in [2.45, 2.75) is 58.5 Å². The molecule has 3 aromatic heterocycles. The van der Waals surface area contributed by atoms with Gasteiger partial charge in [0.05, 0.1) is 34.0 Å². The van der Waals surface area contributed by atoms with Gasteiger partial charge in [-0.3, -0.25) is 4.57 Å². The fraction of sp³-hybridized carbons (Fsp3) is 0.243. The fourth-order valence-corrected chi connectivity index (χ4v) is 6.58. The predicted molar refractivity (Wildman–Crippen MR) is 172 cm³/mol. The van der Waals surface area contributed by atoms with Gasteiger partial charge in [0.2, 0.25) is 0 Å². The van der Waals surface area contributed by atoms with Gasteiger partial charge in [0.15, 0.2) is 0 Å². The predicted octanol–water partition coefficient (Wildman–Crippen LogP) is 9.97. The Morgan fingerprint density at radius 3 is 2.48 bits per heavy atom. The highest BCUT2D eigenvalue weighted by Gasteiger charge is 2.36. The van der Waals surface area contributed by atoms with E-state index in [4.69, 9.17) is 9.84 Å². The van der Waals surface area contributed by atoms with E-state index in [0.29, 0.717) is 35.6 Å². The van der Waals surface area contributed by atoms with E-state index in [2.05, 4.69) is 40.7 Å². The molecule has 6 aromatic rings. The molecular weight excluding hydrogens is 554 g/mol. The molecule has 0 spiro atoms. The lowest BCUT2D eigenvalue weighted by Gasteiger charge is -2.25. The van der Waals surface area contributed by atoms with Gasteiger partial charge >= 0.3 is 0 Å². The Morgan fingerprint density at radius 2 is 1.68 bits per heavy atom. The normalized spacial score (nSPS) is 17.0. The van der Waals surface area contributed by atoms with Crippen molar-refractivity contribution in [1.82, 2.24) is 19.3 Å². The highest BCUT2D eigenvalue weighted by molar-refractivity contribution is 6.09. The van der Waals surface area contributed by atoms with Gasteiger partial charge in [-0.2, -0.15) is 5.10 Å². The van der Waals surface area contributed by atoms with Crippen molar-refractivity contribution in [1.29, 1.82) is 0 Å². The van der Waals surface area contributed by atoms with Crippen LogP contribution < -0.4 is 4.74 Å². The Hall–Kier alpha value is -4.78. The van der Waals surface area contributed by atoms with Crippen molar-refractivity contribution < 1.29 is 13.5 Å². The lowest BCUT2D eigenvalue weighted by atomic mass is 9.83. The number of alkyl halides is 1. The molecule has 3 heterocycles. The van der Waals surface area contributed by atoms with Crippen LogP contribution in [0.15, 0.2) is 97.0 Å². The lowest BCUT2D eigenvalue weighted by Crippen LogP contribution is -2.20. The largest absolute Gasteiger partial charge is 0.457 e. The topological polar surface area (TPSA) is 44.9 Å². The lowest BCUT2D eigenvalue weighted by molar-refractivity contribution is 0.250. The van der Waals surface area contributed by atoms with Gasteiger partial charge < -0.3 is 4.74 Å². The summed E-state index contributed by atoms with van der Waals surface area (Å²) in [6.45, 7) is 7.97. The minimum atomic E-state index is -1.27. The van der Waals surface area contributed by atoms with Crippen LogP contribution in [0.5, 0.6) is 11.5 Å². The number of fused-ring (bicyclic) bond motifs is 3. The number of rotatable bonds is 6.